The summed E-state index contributed by atoms with van der Waals surface area (Å²) in [6, 6.07) is 6.36. The Morgan fingerprint density at radius 3 is 2.52 bits per heavy atom. The molecule has 0 aliphatic carbocycles. The summed E-state index contributed by atoms with van der Waals surface area (Å²) in [5.74, 6) is -0.289. The third kappa shape index (κ3) is 4.53. The van der Waals surface area contributed by atoms with Crippen molar-refractivity contribution in [3.63, 3.8) is 0 Å². The highest BCUT2D eigenvalue weighted by molar-refractivity contribution is 5.82. The van der Waals surface area contributed by atoms with E-state index in [4.69, 9.17) is 0 Å². The zero-order valence-electron chi connectivity index (χ0n) is 14.1. The molecule has 23 heavy (non-hydrogen) atoms. The molecule has 1 atom stereocenters. The molecular formula is C18H25FN2O2. The summed E-state index contributed by atoms with van der Waals surface area (Å²) in [6.45, 7) is 6.59. The van der Waals surface area contributed by atoms with E-state index in [0.29, 0.717) is 19.5 Å². The summed E-state index contributed by atoms with van der Waals surface area (Å²) in [7, 11) is 0. The molecule has 1 aromatic carbocycles. The van der Waals surface area contributed by atoms with Gasteiger partial charge in [0.25, 0.3) is 0 Å². The first kappa shape index (κ1) is 17.4. The highest BCUT2D eigenvalue weighted by Crippen LogP contribution is 2.32. The summed E-state index contributed by atoms with van der Waals surface area (Å²) in [5.41, 5.74) is 0.517. The van der Waals surface area contributed by atoms with Crippen molar-refractivity contribution >= 4 is 11.8 Å². The van der Waals surface area contributed by atoms with E-state index < -0.39 is 5.41 Å². The number of hydrogen-bond acceptors (Lipinski definition) is 2. The number of nitrogens with one attached hydrogen (secondary N) is 1. The van der Waals surface area contributed by atoms with Gasteiger partial charge in [-0.25, -0.2) is 4.39 Å². The molecule has 0 spiro atoms. The van der Waals surface area contributed by atoms with Crippen molar-refractivity contribution in [2.45, 2.75) is 46.1 Å². The molecule has 1 unspecified atom stereocenters. The minimum atomic E-state index is -0.451. The molecule has 1 saturated heterocycles. The molecule has 2 amide bonds. The Labute approximate surface area is 137 Å². The topological polar surface area (TPSA) is 49.4 Å². The fourth-order valence-electron chi connectivity index (χ4n) is 2.79. The van der Waals surface area contributed by atoms with Crippen LogP contribution in [0.15, 0.2) is 24.3 Å². The van der Waals surface area contributed by atoms with E-state index in [9.17, 15) is 14.0 Å². The number of hydrogen-bond donors (Lipinski definition) is 1. The van der Waals surface area contributed by atoms with Gasteiger partial charge in [0.05, 0.1) is 6.04 Å². The Bertz CT molecular complexity index is 563. The van der Waals surface area contributed by atoms with Crippen molar-refractivity contribution in [1.82, 2.24) is 10.2 Å². The van der Waals surface area contributed by atoms with Gasteiger partial charge in [0.1, 0.15) is 5.82 Å². The number of carbonyl (C=O) groups is 2. The number of benzene rings is 1. The van der Waals surface area contributed by atoms with Gasteiger partial charge in [-0.05, 0) is 30.5 Å². The van der Waals surface area contributed by atoms with E-state index in [1.165, 1.54) is 12.1 Å². The quantitative estimate of drug-likeness (QED) is 0.927. The minimum Gasteiger partial charge on any atom is -0.355 e. The summed E-state index contributed by atoms with van der Waals surface area (Å²) < 4.78 is 13.0. The maximum atomic E-state index is 13.0. The van der Waals surface area contributed by atoms with Gasteiger partial charge < -0.3 is 10.2 Å². The van der Waals surface area contributed by atoms with Gasteiger partial charge in [-0.3, -0.25) is 9.59 Å². The lowest BCUT2D eigenvalue weighted by molar-refractivity contribution is -0.132. The number of likely N-dealkylation sites (tertiary alicyclic amines) is 1. The molecule has 1 aromatic rings. The van der Waals surface area contributed by atoms with Crippen LogP contribution in [0.5, 0.6) is 0 Å². The summed E-state index contributed by atoms with van der Waals surface area (Å²) in [6.07, 6.45) is 2.13. The number of halogens is 1. The fraction of sp³-hybridized carbons (Fsp3) is 0.556. The molecule has 2 rings (SSSR count). The number of amides is 2. The monoisotopic (exact) mass is 320 g/mol. The smallest absolute Gasteiger partial charge is 0.225 e. The molecule has 1 heterocycles. The average Bonchev–Trinajstić information content (AvgIpc) is 2.96. The van der Waals surface area contributed by atoms with E-state index in [0.717, 1.165) is 18.4 Å². The van der Waals surface area contributed by atoms with Crippen molar-refractivity contribution in [3.05, 3.63) is 35.6 Å². The first-order valence-electron chi connectivity index (χ1n) is 8.12. The largest absolute Gasteiger partial charge is 0.355 e. The van der Waals surface area contributed by atoms with Crippen LogP contribution in [0.3, 0.4) is 0 Å². The predicted octanol–water partition coefficient (Wildman–Crippen LogP) is 3.04. The summed E-state index contributed by atoms with van der Waals surface area (Å²) in [4.78, 5) is 26.1. The SMILES string of the molecule is CC(C)(C)C(=O)NCCC(=O)N1CCCC1c1ccc(F)cc1. The van der Waals surface area contributed by atoms with Crippen molar-refractivity contribution < 1.29 is 14.0 Å². The molecular weight excluding hydrogens is 295 g/mol. The van der Waals surface area contributed by atoms with Crippen molar-refractivity contribution in [3.8, 4) is 0 Å². The number of nitrogens with zero attached hydrogens (tertiary/aromatic N) is 1. The zero-order valence-corrected chi connectivity index (χ0v) is 14.1. The van der Waals surface area contributed by atoms with Gasteiger partial charge in [-0.15, -0.1) is 0 Å². The van der Waals surface area contributed by atoms with E-state index in [2.05, 4.69) is 5.32 Å². The molecule has 5 heteroatoms. The van der Waals surface area contributed by atoms with Gasteiger partial charge in [-0.2, -0.15) is 0 Å². The first-order valence-corrected chi connectivity index (χ1v) is 8.12. The van der Waals surface area contributed by atoms with Crippen molar-refractivity contribution in [2.75, 3.05) is 13.1 Å². The minimum absolute atomic E-state index is 0.0152. The Kier molecular flexibility index (Phi) is 5.39. The predicted molar refractivity (Wildman–Crippen MR) is 87.2 cm³/mol. The van der Waals surface area contributed by atoms with E-state index in [-0.39, 0.29) is 23.7 Å². The van der Waals surface area contributed by atoms with E-state index in [1.54, 1.807) is 12.1 Å². The van der Waals surface area contributed by atoms with Crippen LogP contribution in [-0.4, -0.2) is 29.8 Å². The standard InChI is InChI=1S/C18H25FN2O2/c1-18(2,3)17(23)20-11-10-16(22)21-12-4-5-15(21)13-6-8-14(19)9-7-13/h6-9,15H,4-5,10-12H2,1-3H3,(H,20,23). The third-order valence-corrected chi connectivity index (χ3v) is 4.13. The van der Waals surface area contributed by atoms with Crippen LogP contribution in [-0.2, 0) is 9.59 Å². The van der Waals surface area contributed by atoms with Crippen molar-refractivity contribution in [1.29, 1.82) is 0 Å². The highest BCUT2D eigenvalue weighted by atomic mass is 19.1. The fourth-order valence-corrected chi connectivity index (χ4v) is 2.79. The molecule has 0 bridgehead atoms. The van der Waals surface area contributed by atoms with Gasteiger partial charge >= 0.3 is 0 Å². The zero-order chi connectivity index (χ0) is 17.0. The maximum Gasteiger partial charge on any atom is 0.225 e. The second kappa shape index (κ2) is 7.11. The van der Waals surface area contributed by atoms with Gasteiger partial charge in [0.2, 0.25) is 11.8 Å². The highest BCUT2D eigenvalue weighted by Gasteiger charge is 2.29. The third-order valence-electron chi connectivity index (χ3n) is 4.13. The molecule has 126 valence electrons. The number of rotatable bonds is 4. The molecule has 1 N–H and O–H groups in total. The number of carbonyl (C=O) groups excluding carboxylic acids is 2. The van der Waals surface area contributed by atoms with Crippen LogP contribution in [0.2, 0.25) is 0 Å². The Hall–Kier alpha value is -1.91. The molecule has 1 fully saturated rings. The maximum absolute atomic E-state index is 13.0. The lowest BCUT2D eigenvalue weighted by atomic mass is 9.96. The van der Waals surface area contributed by atoms with Crippen LogP contribution in [0, 0.1) is 11.2 Å². The van der Waals surface area contributed by atoms with Crippen molar-refractivity contribution in [2.24, 2.45) is 5.41 Å². The van der Waals surface area contributed by atoms with Crippen LogP contribution >= 0.6 is 0 Å². The second-order valence-electron chi connectivity index (χ2n) is 7.05. The van der Waals surface area contributed by atoms with Gasteiger partial charge in [-0.1, -0.05) is 32.9 Å². The Balaban J connectivity index is 1.91. The molecule has 0 aromatic heterocycles. The van der Waals surface area contributed by atoms with E-state index >= 15 is 0 Å². The Morgan fingerprint density at radius 2 is 1.91 bits per heavy atom. The van der Waals surface area contributed by atoms with Crippen LogP contribution in [0.4, 0.5) is 4.39 Å². The Morgan fingerprint density at radius 1 is 1.26 bits per heavy atom. The lowest BCUT2D eigenvalue weighted by Gasteiger charge is -2.25. The van der Waals surface area contributed by atoms with Crippen LogP contribution in [0.25, 0.3) is 0 Å². The summed E-state index contributed by atoms with van der Waals surface area (Å²) in [5, 5.41) is 2.80. The van der Waals surface area contributed by atoms with Gasteiger partial charge in [0, 0.05) is 24.9 Å². The average molecular weight is 320 g/mol. The van der Waals surface area contributed by atoms with E-state index in [1.807, 2.05) is 25.7 Å². The molecule has 1 aliphatic heterocycles. The van der Waals surface area contributed by atoms with Crippen LogP contribution in [0.1, 0.15) is 51.6 Å². The molecule has 0 saturated carbocycles. The van der Waals surface area contributed by atoms with Gasteiger partial charge in [0.15, 0.2) is 0 Å². The first-order chi connectivity index (χ1) is 10.8. The lowest BCUT2D eigenvalue weighted by Crippen LogP contribution is -2.38. The normalized spacial score (nSPS) is 18.1. The molecule has 0 radical (unpaired) electrons. The molecule has 1 aliphatic rings. The summed E-state index contributed by atoms with van der Waals surface area (Å²) >= 11 is 0. The molecule has 4 nitrogen and oxygen atoms in total. The second-order valence-corrected chi connectivity index (χ2v) is 7.05. The van der Waals surface area contributed by atoms with Crippen LogP contribution < -0.4 is 5.32 Å².